The summed E-state index contributed by atoms with van der Waals surface area (Å²) < 4.78 is 0. The van der Waals surface area contributed by atoms with E-state index in [2.05, 4.69) is 5.32 Å². The number of thiophene rings is 1. The Hall–Kier alpha value is -1.61. The van der Waals surface area contributed by atoms with Crippen molar-refractivity contribution in [2.75, 3.05) is 0 Å². The lowest BCUT2D eigenvalue weighted by atomic mass is 10.1. The Morgan fingerprint density at radius 2 is 1.94 bits per heavy atom. The molecule has 0 saturated heterocycles. The summed E-state index contributed by atoms with van der Waals surface area (Å²) in [6.07, 6.45) is 0. The molecule has 0 radical (unpaired) electrons. The van der Waals surface area contributed by atoms with Crippen molar-refractivity contribution in [1.82, 2.24) is 5.32 Å². The zero-order chi connectivity index (χ0) is 12.3. The van der Waals surface area contributed by atoms with Crippen LogP contribution < -0.4 is 5.32 Å². The molecule has 2 nitrogen and oxygen atoms in total. The molecule has 3 heteroatoms. The van der Waals surface area contributed by atoms with Crippen LogP contribution in [-0.4, -0.2) is 5.91 Å². The number of carbonyl (C=O) groups excluding carboxylic acids is 1. The van der Waals surface area contributed by atoms with Crippen molar-refractivity contribution in [3.05, 3.63) is 57.3 Å². The molecule has 1 N–H and O–H groups in total. The fourth-order valence-corrected chi connectivity index (χ4v) is 2.48. The number of hydrogen-bond donors (Lipinski definition) is 1. The van der Waals surface area contributed by atoms with Crippen LogP contribution in [0, 0.1) is 13.8 Å². The van der Waals surface area contributed by atoms with Crippen molar-refractivity contribution in [3.8, 4) is 0 Å². The lowest BCUT2D eigenvalue weighted by Crippen LogP contribution is -2.22. The van der Waals surface area contributed by atoms with E-state index in [1.54, 1.807) is 11.3 Å². The van der Waals surface area contributed by atoms with Gasteiger partial charge in [0.1, 0.15) is 0 Å². The van der Waals surface area contributed by atoms with E-state index >= 15 is 0 Å². The molecule has 0 fully saturated rings. The Morgan fingerprint density at radius 3 is 2.53 bits per heavy atom. The van der Waals surface area contributed by atoms with E-state index < -0.39 is 0 Å². The van der Waals surface area contributed by atoms with Crippen molar-refractivity contribution in [2.24, 2.45) is 0 Å². The van der Waals surface area contributed by atoms with Gasteiger partial charge in [0.25, 0.3) is 5.91 Å². The standard InChI is InChI=1S/C14H15NOS/c1-10-11(2)17-9-13(10)14(16)15-8-12-6-4-3-5-7-12/h3-7,9H,8H2,1-2H3,(H,15,16). The third kappa shape index (κ3) is 2.74. The Bertz CT molecular complexity index is 516. The third-order valence-corrected chi connectivity index (χ3v) is 3.84. The SMILES string of the molecule is Cc1scc(C(=O)NCc2ccccc2)c1C. The Kier molecular flexibility index (Phi) is 3.59. The second-order valence-electron chi connectivity index (χ2n) is 4.00. The van der Waals surface area contributed by atoms with Crippen LogP contribution in [0.15, 0.2) is 35.7 Å². The molecule has 0 saturated carbocycles. The van der Waals surface area contributed by atoms with Crippen molar-refractivity contribution >= 4 is 17.2 Å². The van der Waals surface area contributed by atoms with Gasteiger partial charge >= 0.3 is 0 Å². The number of benzene rings is 1. The molecule has 0 atom stereocenters. The molecule has 0 spiro atoms. The van der Waals surface area contributed by atoms with Gasteiger partial charge < -0.3 is 5.32 Å². The molecule has 1 aromatic heterocycles. The normalized spacial score (nSPS) is 10.2. The fourth-order valence-electron chi connectivity index (χ4n) is 1.61. The van der Waals surface area contributed by atoms with Gasteiger partial charge in [-0.25, -0.2) is 0 Å². The smallest absolute Gasteiger partial charge is 0.252 e. The maximum atomic E-state index is 11.9. The molecular weight excluding hydrogens is 230 g/mol. The van der Waals surface area contributed by atoms with Gasteiger partial charge in [0.05, 0.1) is 5.56 Å². The number of rotatable bonds is 3. The largest absolute Gasteiger partial charge is 0.348 e. The first-order chi connectivity index (χ1) is 8.18. The molecular formula is C14H15NOS. The zero-order valence-electron chi connectivity index (χ0n) is 9.99. The maximum Gasteiger partial charge on any atom is 0.252 e. The van der Waals surface area contributed by atoms with E-state index in [9.17, 15) is 4.79 Å². The van der Waals surface area contributed by atoms with Crippen LogP contribution in [0.1, 0.15) is 26.4 Å². The van der Waals surface area contributed by atoms with Crippen LogP contribution >= 0.6 is 11.3 Å². The summed E-state index contributed by atoms with van der Waals surface area (Å²) in [7, 11) is 0. The predicted molar refractivity (Wildman–Crippen MR) is 71.4 cm³/mol. The molecule has 88 valence electrons. The summed E-state index contributed by atoms with van der Waals surface area (Å²) in [4.78, 5) is 13.2. The molecule has 0 unspecified atom stereocenters. The number of carbonyl (C=O) groups is 1. The molecule has 0 aliphatic carbocycles. The van der Waals surface area contributed by atoms with Crippen molar-refractivity contribution in [3.63, 3.8) is 0 Å². The first-order valence-corrected chi connectivity index (χ1v) is 6.43. The van der Waals surface area contributed by atoms with E-state index in [1.807, 2.05) is 49.6 Å². The topological polar surface area (TPSA) is 29.1 Å². The van der Waals surface area contributed by atoms with Crippen LogP contribution in [-0.2, 0) is 6.54 Å². The average molecular weight is 245 g/mol. The lowest BCUT2D eigenvalue weighted by Gasteiger charge is -2.05. The average Bonchev–Trinajstić information content (AvgIpc) is 2.69. The van der Waals surface area contributed by atoms with E-state index in [0.29, 0.717) is 6.54 Å². The van der Waals surface area contributed by atoms with Crippen molar-refractivity contribution in [1.29, 1.82) is 0 Å². The van der Waals surface area contributed by atoms with Gasteiger partial charge in [-0.1, -0.05) is 30.3 Å². The Labute approximate surface area is 105 Å². The minimum atomic E-state index is 0.00991. The highest BCUT2D eigenvalue weighted by atomic mass is 32.1. The summed E-state index contributed by atoms with van der Waals surface area (Å²) in [5.41, 5.74) is 2.99. The molecule has 1 aromatic carbocycles. The van der Waals surface area contributed by atoms with Gasteiger partial charge in [0, 0.05) is 16.8 Å². The van der Waals surface area contributed by atoms with E-state index in [-0.39, 0.29) is 5.91 Å². The second kappa shape index (κ2) is 5.15. The number of amides is 1. The van der Waals surface area contributed by atoms with Crippen molar-refractivity contribution < 1.29 is 4.79 Å². The molecule has 17 heavy (non-hydrogen) atoms. The van der Waals surface area contributed by atoms with Gasteiger partial charge in [-0.15, -0.1) is 11.3 Å². The molecule has 1 amide bonds. The van der Waals surface area contributed by atoms with Crippen LogP contribution in [0.3, 0.4) is 0 Å². The van der Waals surface area contributed by atoms with Crippen molar-refractivity contribution in [2.45, 2.75) is 20.4 Å². The predicted octanol–water partition coefficient (Wildman–Crippen LogP) is 3.29. The fraction of sp³-hybridized carbons (Fsp3) is 0.214. The molecule has 0 aliphatic heterocycles. The summed E-state index contributed by atoms with van der Waals surface area (Å²) in [5, 5.41) is 4.86. The number of nitrogens with one attached hydrogen (secondary N) is 1. The molecule has 1 heterocycles. The van der Waals surface area contributed by atoms with Gasteiger partial charge in [0.15, 0.2) is 0 Å². The minimum Gasteiger partial charge on any atom is -0.348 e. The Morgan fingerprint density at radius 1 is 1.24 bits per heavy atom. The minimum absolute atomic E-state index is 0.00991. The van der Waals surface area contributed by atoms with Gasteiger partial charge in [-0.3, -0.25) is 4.79 Å². The van der Waals surface area contributed by atoms with Crippen LogP contribution in [0.25, 0.3) is 0 Å². The molecule has 0 aliphatic rings. The van der Waals surface area contributed by atoms with Gasteiger partial charge in [-0.2, -0.15) is 0 Å². The monoisotopic (exact) mass is 245 g/mol. The van der Waals surface area contributed by atoms with Crippen LogP contribution in [0.2, 0.25) is 0 Å². The van der Waals surface area contributed by atoms with E-state index in [0.717, 1.165) is 16.7 Å². The number of hydrogen-bond acceptors (Lipinski definition) is 2. The first-order valence-electron chi connectivity index (χ1n) is 5.55. The summed E-state index contributed by atoms with van der Waals surface area (Å²) >= 11 is 1.62. The van der Waals surface area contributed by atoms with E-state index in [1.165, 1.54) is 4.88 Å². The highest BCUT2D eigenvalue weighted by Crippen LogP contribution is 2.20. The zero-order valence-corrected chi connectivity index (χ0v) is 10.8. The van der Waals surface area contributed by atoms with Crippen LogP contribution in [0.4, 0.5) is 0 Å². The lowest BCUT2D eigenvalue weighted by molar-refractivity contribution is 0.0950. The second-order valence-corrected chi connectivity index (χ2v) is 5.08. The highest BCUT2D eigenvalue weighted by molar-refractivity contribution is 7.10. The first kappa shape index (κ1) is 11.9. The summed E-state index contributed by atoms with van der Waals surface area (Å²) in [6.45, 7) is 4.60. The molecule has 0 bridgehead atoms. The third-order valence-electron chi connectivity index (χ3n) is 2.83. The van der Waals surface area contributed by atoms with Crippen LogP contribution in [0.5, 0.6) is 0 Å². The van der Waals surface area contributed by atoms with Gasteiger partial charge in [0.2, 0.25) is 0 Å². The number of aryl methyl sites for hydroxylation is 1. The van der Waals surface area contributed by atoms with E-state index in [4.69, 9.17) is 0 Å². The van der Waals surface area contributed by atoms with Gasteiger partial charge in [-0.05, 0) is 25.0 Å². The quantitative estimate of drug-likeness (QED) is 0.883. The Balaban J connectivity index is 2.01. The summed E-state index contributed by atoms with van der Waals surface area (Å²) in [6, 6.07) is 9.93. The molecule has 2 rings (SSSR count). The summed E-state index contributed by atoms with van der Waals surface area (Å²) in [5.74, 6) is 0.00991. The molecule has 2 aromatic rings. The maximum absolute atomic E-state index is 11.9. The highest BCUT2D eigenvalue weighted by Gasteiger charge is 2.11.